The van der Waals surface area contributed by atoms with E-state index in [0.29, 0.717) is 50.5 Å². The Bertz CT molecular complexity index is 1560. The maximum Gasteiger partial charge on any atom is 0.407 e. The van der Waals surface area contributed by atoms with Crippen molar-refractivity contribution in [3.05, 3.63) is 54.1 Å². The highest BCUT2D eigenvalue weighted by Crippen LogP contribution is 2.36. The molecule has 3 aliphatic rings. The molecule has 2 saturated heterocycles. The fraction of sp³-hybridized carbons (Fsp3) is 0.611. The molecule has 0 spiro atoms. The van der Waals surface area contributed by atoms with E-state index in [1.807, 2.05) is 51.1 Å². The SMILES string of the molecule is CCCNC(=O)NCCCCC(C)(C)CN(C[C@@H](O)[C@H](Cc1ccccc1)NC(=O)O[C@H]1CO[C@H]2OCC[C@H]21)S(=O)(=O)c1ccc2c(c1)OCO2. The summed E-state index contributed by atoms with van der Waals surface area (Å²) in [5, 5.41) is 20.3. The number of unbranched alkanes of at least 4 members (excludes halogenated alkanes) is 1. The molecule has 4 N–H and O–H groups in total. The topological polar surface area (TPSA) is 174 Å². The summed E-state index contributed by atoms with van der Waals surface area (Å²) in [6, 6.07) is 12.7. The van der Waals surface area contributed by atoms with E-state index in [1.165, 1.54) is 16.4 Å². The number of hydrogen-bond acceptors (Lipinski definition) is 10. The third-order valence-corrected chi connectivity index (χ3v) is 11.2. The minimum atomic E-state index is -4.17. The Balaban J connectivity index is 1.31. The molecule has 51 heavy (non-hydrogen) atoms. The normalized spacial score (nSPS) is 20.8. The summed E-state index contributed by atoms with van der Waals surface area (Å²) in [6.07, 6.45) is 0.979. The molecule has 0 saturated carbocycles. The van der Waals surface area contributed by atoms with Gasteiger partial charge in [0.05, 0.1) is 36.2 Å². The molecule has 15 heteroatoms. The van der Waals surface area contributed by atoms with Gasteiger partial charge < -0.3 is 44.7 Å². The van der Waals surface area contributed by atoms with Crippen LogP contribution < -0.4 is 25.4 Å². The Kier molecular flexibility index (Phi) is 13.4. The van der Waals surface area contributed by atoms with Crippen molar-refractivity contribution in [2.24, 2.45) is 11.3 Å². The molecule has 0 aliphatic carbocycles. The maximum absolute atomic E-state index is 14.3. The number of carbonyl (C=O) groups excluding carboxylic acids is 2. The molecule has 0 radical (unpaired) electrons. The second kappa shape index (κ2) is 17.7. The zero-order valence-corrected chi connectivity index (χ0v) is 30.5. The monoisotopic (exact) mass is 732 g/mol. The van der Waals surface area contributed by atoms with Crippen LogP contribution in [0.2, 0.25) is 0 Å². The van der Waals surface area contributed by atoms with Crippen molar-refractivity contribution in [2.45, 2.75) is 88.7 Å². The van der Waals surface area contributed by atoms with E-state index < -0.39 is 46.1 Å². The predicted octanol–water partition coefficient (Wildman–Crippen LogP) is 3.77. The van der Waals surface area contributed by atoms with Crippen LogP contribution in [0.15, 0.2) is 53.4 Å². The molecule has 282 valence electrons. The van der Waals surface area contributed by atoms with Gasteiger partial charge in [-0.2, -0.15) is 4.31 Å². The summed E-state index contributed by atoms with van der Waals surface area (Å²) in [5.74, 6) is 0.710. The van der Waals surface area contributed by atoms with Gasteiger partial charge in [-0.05, 0) is 55.2 Å². The van der Waals surface area contributed by atoms with Crippen molar-refractivity contribution in [1.82, 2.24) is 20.3 Å². The third-order valence-electron chi connectivity index (χ3n) is 9.39. The number of hydrogen-bond donors (Lipinski definition) is 4. The van der Waals surface area contributed by atoms with Crippen LogP contribution >= 0.6 is 0 Å². The summed E-state index contributed by atoms with van der Waals surface area (Å²) in [4.78, 5) is 25.2. The lowest BCUT2D eigenvalue weighted by molar-refractivity contribution is -0.0907. The lowest BCUT2D eigenvalue weighted by Crippen LogP contribution is -2.52. The number of fused-ring (bicyclic) bond motifs is 2. The molecule has 2 aromatic rings. The number of carbonyl (C=O) groups is 2. The summed E-state index contributed by atoms with van der Waals surface area (Å²) < 4.78 is 57.8. The van der Waals surface area contributed by atoms with Crippen LogP contribution in [-0.2, 0) is 30.7 Å². The number of alkyl carbamates (subject to hydrolysis) is 1. The number of sulfonamides is 1. The van der Waals surface area contributed by atoms with Gasteiger partial charge in [-0.25, -0.2) is 18.0 Å². The lowest BCUT2D eigenvalue weighted by Gasteiger charge is -2.35. The van der Waals surface area contributed by atoms with Gasteiger partial charge >= 0.3 is 12.1 Å². The first kappa shape index (κ1) is 38.6. The highest BCUT2D eigenvalue weighted by atomic mass is 32.2. The molecule has 2 fully saturated rings. The number of ether oxygens (including phenoxy) is 5. The van der Waals surface area contributed by atoms with Gasteiger partial charge in [0, 0.05) is 32.2 Å². The molecular weight excluding hydrogens is 680 g/mol. The highest BCUT2D eigenvalue weighted by Gasteiger charge is 2.44. The molecule has 3 aliphatic heterocycles. The highest BCUT2D eigenvalue weighted by molar-refractivity contribution is 7.89. The van der Waals surface area contributed by atoms with Crippen molar-refractivity contribution in [3.8, 4) is 11.5 Å². The number of urea groups is 1. The fourth-order valence-electron chi connectivity index (χ4n) is 6.58. The predicted molar refractivity (Wildman–Crippen MR) is 188 cm³/mol. The Morgan fingerprint density at radius 2 is 1.80 bits per heavy atom. The minimum absolute atomic E-state index is 0.00131. The lowest BCUT2D eigenvalue weighted by atomic mass is 9.87. The minimum Gasteiger partial charge on any atom is -0.454 e. The van der Waals surface area contributed by atoms with Crippen LogP contribution in [0.1, 0.15) is 58.4 Å². The summed E-state index contributed by atoms with van der Waals surface area (Å²) >= 11 is 0. The van der Waals surface area contributed by atoms with Crippen LogP contribution in [-0.4, -0.2) is 101 Å². The standard InChI is InChI=1S/C36H52N4O10S/c1-4-16-37-34(42)38-17-9-8-15-36(2,3)23-40(51(44,45)26-12-13-30-31(20-26)49-24-48-30)21-29(41)28(19-25-10-6-5-7-11-25)39-35(43)50-32-22-47-33-27(32)14-18-46-33/h5-7,10-13,20,27-29,32-33,41H,4,8-9,14-19,21-24H2,1-3H3,(H,39,43)(H2,37,38,42)/t27-,28-,29+,32-,33+/m0/s1. The number of amides is 3. The summed E-state index contributed by atoms with van der Waals surface area (Å²) in [5.41, 5.74) is 0.329. The second-order valence-electron chi connectivity index (χ2n) is 14.1. The fourth-order valence-corrected chi connectivity index (χ4v) is 8.24. The van der Waals surface area contributed by atoms with Crippen molar-refractivity contribution >= 4 is 22.1 Å². The number of benzene rings is 2. The van der Waals surface area contributed by atoms with Crippen LogP contribution in [0.4, 0.5) is 9.59 Å². The number of aliphatic hydroxyl groups is 1. The van der Waals surface area contributed by atoms with Gasteiger partial charge in [-0.1, -0.05) is 57.5 Å². The van der Waals surface area contributed by atoms with E-state index >= 15 is 0 Å². The van der Waals surface area contributed by atoms with Crippen molar-refractivity contribution in [1.29, 1.82) is 0 Å². The van der Waals surface area contributed by atoms with Crippen molar-refractivity contribution in [2.75, 3.05) is 46.2 Å². The molecule has 2 aromatic carbocycles. The molecule has 0 bridgehead atoms. The first-order valence-corrected chi connectivity index (χ1v) is 19.2. The number of aliphatic hydroxyl groups excluding tert-OH is 1. The second-order valence-corrected chi connectivity index (χ2v) is 16.0. The van der Waals surface area contributed by atoms with Crippen molar-refractivity contribution in [3.63, 3.8) is 0 Å². The molecule has 5 atom stereocenters. The van der Waals surface area contributed by atoms with E-state index in [9.17, 15) is 23.1 Å². The largest absolute Gasteiger partial charge is 0.454 e. The van der Waals surface area contributed by atoms with Crippen molar-refractivity contribution < 1.29 is 46.8 Å². The Morgan fingerprint density at radius 1 is 1.04 bits per heavy atom. The van der Waals surface area contributed by atoms with Gasteiger partial charge in [-0.15, -0.1) is 0 Å². The Hall–Kier alpha value is -3.63. The number of nitrogens with zero attached hydrogens (tertiary/aromatic N) is 1. The smallest absolute Gasteiger partial charge is 0.407 e. The van der Waals surface area contributed by atoms with Gasteiger partial charge in [0.2, 0.25) is 16.8 Å². The number of rotatable bonds is 18. The molecule has 3 heterocycles. The Labute approximate surface area is 300 Å². The van der Waals surface area contributed by atoms with Gasteiger partial charge in [-0.3, -0.25) is 0 Å². The van der Waals surface area contributed by atoms with Gasteiger partial charge in [0.15, 0.2) is 17.8 Å². The quantitative estimate of drug-likeness (QED) is 0.165. The third kappa shape index (κ3) is 10.7. The van der Waals surface area contributed by atoms with E-state index in [1.54, 1.807) is 6.07 Å². The van der Waals surface area contributed by atoms with E-state index in [2.05, 4.69) is 16.0 Å². The van der Waals surface area contributed by atoms with E-state index in [-0.39, 0.29) is 49.8 Å². The number of nitrogens with one attached hydrogen (secondary N) is 3. The van der Waals surface area contributed by atoms with Crippen LogP contribution in [0.25, 0.3) is 0 Å². The molecular formula is C36H52N4O10S. The zero-order chi connectivity index (χ0) is 36.4. The molecule has 0 unspecified atom stereocenters. The first-order chi connectivity index (χ1) is 24.4. The summed E-state index contributed by atoms with van der Waals surface area (Å²) in [7, 11) is -4.17. The maximum atomic E-state index is 14.3. The average molecular weight is 733 g/mol. The average Bonchev–Trinajstić information content (AvgIpc) is 3.86. The summed E-state index contributed by atoms with van der Waals surface area (Å²) in [6.45, 7) is 7.55. The van der Waals surface area contributed by atoms with Gasteiger partial charge in [0.1, 0.15) is 6.10 Å². The van der Waals surface area contributed by atoms with Crippen LogP contribution in [0, 0.1) is 11.3 Å². The van der Waals surface area contributed by atoms with Gasteiger partial charge in [0.25, 0.3) is 0 Å². The first-order valence-electron chi connectivity index (χ1n) is 17.8. The van der Waals surface area contributed by atoms with E-state index in [0.717, 1.165) is 18.4 Å². The van der Waals surface area contributed by atoms with Crippen LogP contribution in [0.3, 0.4) is 0 Å². The Morgan fingerprint density at radius 3 is 2.59 bits per heavy atom. The van der Waals surface area contributed by atoms with E-state index in [4.69, 9.17) is 23.7 Å². The molecule has 0 aromatic heterocycles. The molecule has 14 nitrogen and oxygen atoms in total. The zero-order valence-electron chi connectivity index (χ0n) is 29.7. The molecule has 3 amide bonds. The van der Waals surface area contributed by atoms with Crippen LogP contribution in [0.5, 0.6) is 11.5 Å². The molecule has 5 rings (SSSR count).